The van der Waals surface area contributed by atoms with Crippen molar-refractivity contribution < 1.29 is 9.53 Å². The molecule has 0 bridgehead atoms. The van der Waals surface area contributed by atoms with Gasteiger partial charge in [0, 0.05) is 24.8 Å². The molecular formula is C20H22N4O2. The molecule has 0 radical (unpaired) electrons. The van der Waals surface area contributed by atoms with Gasteiger partial charge >= 0.3 is 6.03 Å². The van der Waals surface area contributed by atoms with Gasteiger partial charge in [-0.1, -0.05) is 24.3 Å². The Hall–Kier alpha value is -3.04. The molecule has 2 aromatic carbocycles. The number of urea groups is 1. The maximum atomic E-state index is 12.2. The second-order valence-electron chi connectivity index (χ2n) is 6.40. The molecule has 2 amide bonds. The molecule has 2 N–H and O–H groups in total. The van der Waals surface area contributed by atoms with Crippen LogP contribution >= 0.6 is 0 Å². The summed E-state index contributed by atoms with van der Waals surface area (Å²) >= 11 is 0. The summed E-state index contributed by atoms with van der Waals surface area (Å²) in [5.74, 6) is 0.487. The number of ether oxygens (including phenoxy) is 1. The van der Waals surface area contributed by atoms with E-state index in [0.717, 1.165) is 13.0 Å². The average molecular weight is 350 g/mol. The average Bonchev–Trinajstić information content (AvgIpc) is 2.66. The first-order chi connectivity index (χ1) is 12.6. The Kier molecular flexibility index (Phi) is 5.40. The number of hydrogen-bond donors (Lipinski definition) is 2. The molecule has 26 heavy (non-hydrogen) atoms. The van der Waals surface area contributed by atoms with E-state index in [2.05, 4.69) is 52.9 Å². The van der Waals surface area contributed by atoms with Crippen LogP contribution in [0, 0.1) is 11.3 Å². The molecule has 0 saturated heterocycles. The van der Waals surface area contributed by atoms with Crippen molar-refractivity contribution >= 4 is 11.7 Å². The maximum absolute atomic E-state index is 12.2. The highest BCUT2D eigenvalue weighted by Crippen LogP contribution is 2.22. The first-order valence-corrected chi connectivity index (χ1v) is 8.50. The zero-order valence-electron chi connectivity index (χ0n) is 15.0. The summed E-state index contributed by atoms with van der Waals surface area (Å²) in [6, 6.07) is 15.4. The minimum absolute atomic E-state index is 0.251. The zero-order valence-corrected chi connectivity index (χ0v) is 15.0. The lowest BCUT2D eigenvalue weighted by atomic mass is 9.94. The highest BCUT2D eigenvalue weighted by molar-refractivity contribution is 5.89. The van der Waals surface area contributed by atoms with Gasteiger partial charge in [0.2, 0.25) is 0 Å². The van der Waals surface area contributed by atoms with Gasteiger partial charge in [-0.25, -0.2) is 4.79 Å². The van der Waals surface area contributed by atoms with Crippen molar-refractivity contribution in [3.63, 3.8) is 0 Å². The topological polar surface area (TPSA) is 77.4 Å². The van der Waals surface area contributed by atoms with Crippen molar-refractivity contribution in [3.8, 4) is 11.8 Å². The van der Waals surface area contributed by atoms with Crippen molar-refractivity contribution in [3.05, 3.63) is 59.2 Å². The minimum atomic E-state index is -0.286. The largest absolute Gasteiger partial charge is 0.495 e. The fraction of sp³-hybridized carbons (Fsp3) is 0.300. The molecule has 0 spiro atoms. The van der Waals surface area contributed by atoms with Crippen LogP contribution in [0.25, 0.3) is 0 Å². The predicted molar refractivity (Wildman–Crippen MR) is 100 cm³/mol. The Morgan fingerprint density at radius 1 is 1.31 bits per heavy atom. The van der Waals surface area contributed by atoms with Crippen molar-refractivity contribution in [1.29, 1.82) is 5.26 Å². The molecular weight excluding hydrogens is 328 g/mol. The smallest absolute Gasteiger partial charge is 0.319 e. The van der Waals surface area contributed by atoms with Crippen LogP contribution in [0.3, 0.4) is 0 Å². The number of carbonyl (C=O) groups excluding carboxylic acids is 1. The maximum Gasteiger partial charge on any atom is 0.319 e. The molecule has 6 heteroatoms. The first kappa shape index (κ1) is 17.8. The summed E-state index contributed by atoms with van der Waals surface area (Å²) in [5.41, 5.74) is 3.63. The van der Waals surface area contributed by atoms with E-state index in [4.69, 9.17) is 10.00 Å². The fourth-order valence-electron chi connectivity index (χ4n) is 3.21. The summed E-state index contributed by atoms with van der Waals surface area (Å²) in [5, 5.41) is 14.8. The van der Waals surface area contributed by atoms with Gasteiger partial charge in [-0.2, -0.15) is 5.26 Å². The summed E-state index contributed by atoms with van der Waals surface area (Å²) in [6.45, 7) is 1.44. The summed E-state index contributed by atoms with van der Waals surface area (Å²) in [7, 11) is 3.58. The number of amides is 2. The number of methoxy groups -OCH3 is 1. The van der Waals surface area contributed by atoms with Gasteiger partial charge < -0.3 is 15.4 Å². The van der Waals surface area contributed by atoms with E-state index in [0.29, 0.717) is 23.5 Å². The van der Waals surface area contributed by atoms with Crippen LogP contribution in [0.2, 0.25) is 0 Å². The van der Waals surface area contributed by atoms with Gasteiger partial charge in [-0.3, -0.25) is 4.90 Å². The molecule has 0 fully saturated rings. The van der Waals surface area contributed by atoms with Crippen LogP contribution in [-0.4, -0.2) is 37.7 Å². The van der Waals surface area contributed by atoms with E-state index in [9.17, 15) is 4.79 Å². The molecule has 0 aromatic heterocycles. The summed E-state index contributed by atoms with van der Waals surface area (Å²) in [6.07, 6.45) is 0.911. The molecule has 1 aliphatic rings. The number of fused-ring (bicyclic) bond motifs is 1. The fourth-order valence-corrected chi connectivity index (χ4v) is 3.21. The lowest BCUT2D eigenvalue weighted by Gasteiger charge is -2.34. The molecule has 0 unspecified atom stereocenters. The van der Waals surface area contributed by atoms with Crippen LogP contribution in [0.4, 0.5) is 10.5 Å². The van der Waals surface area contributed by atoms with E-state index in [1.54, 1.807) is 18.2 Å². The van der Waals surface area contributed by atoms with Crippen LogP contribution in [0.15, 0.2) is 42.5 Å². The van der Waals surface area contributed by atoms with Gasteiger partial charge in [-0.15, -0.1) is 0 Å². The molecule has 6 nitrogen and oxygen atoms in total. The molecule has 3 rings (SSSR count). The first-order valence-electron chi connectivity index (χ1n) is 8.50. The molecule has 1 aliphatic heterocycles. The molecule has 2 aromatic rings. The van der Waals surface area contributed by atoms with E-state index < -0.39 is 0 Å². The third-order valence-corrected chi connectivity index (χ3v) is 4.69. The number of carbonyl (C=O) groups is 1. The van der Waals surface area contributed by atoms with Gasteiger partial charge in [0.05, 0.1) is 12.7 Å². The van der Waals surface area contributed by atoms with Crippen LogP contribution in [0.1, 0.15) is 16.7 Å². The highest BCUT2D eigenvalue weighted by Gasteiger charge is 2.23. The summed E-state index contributed by atoms with van der Waals surface area (Å²) < 4.78 is 5.11. The van der Waals surface area contributed by atoms with E-state index >= 15 is 0 Å². The lowest BCUT2D eigenvalue weighted by molar-refractivity contribution is 0.207. The number of anilines is 1. The molecule has 0 saturated carbocycles. The molecule has 1 atom stereocenters. The molecule has 134 valence electrons. The van der Waals surface area contributed by atoms with Gasteiger partial charge in [0.25, 0.3) is 0 Å². The number of rotatable bonds is 4. The standard InChI is InChI=1S/C20H22N4O2/c1-24-13-15-6-4-3-5-14(15)10-18(24)12-22-20(25)23-17-7-8-19(26-2)16(9-17)11-21/h3-9,18H,10,12-13H2,1-2H3,(H2,22,23,25)/t18-/m0/s1. The quantitative estimate of drug-likeness (QED) is 0.889. The number of nitrogens with zero attached hydrogens (tertiary/aromatic N) is 2. The Labute approximate surface area is 153 Å². The third-order valence-electron chi connectivity index (χ3n) is 4.69. The van der Waals surface area contributed by atoms with Gasteiger partial charge in [0.1, 0.15) is 11.8 Å². The Morgan fingerprint density at radius 3 is 2.81 bits per heavy atom. The Morgan fingerprint density at radius 2 is 2.08 bits per heavy atom. The Bertz CT molecular complexity index is 844. The van der Waals surface area contributed by atoms with E-state index in [1.165, 1.54) is 18.2 Å². The SMILES string of the molecule is COc1ccc(NC(=O)NC[C@@H]2Cc3ccccc3CN2C)cc1C#N. The number of benzene rings is 2. The molecule has 0 aliphatic carbocycles. The second kappa shape index (κ2) is 7.89. The van der Waals surface area contributed by atoms with Crippen LogP contribution in [0.5, 0.6) is 5.75 Å². The van der Waals surface area contributed by atoms with Crippen molar-refractivity contribution in [1.82, 2.24) is 10.2 Å². The zero-order chi connectivity index (χ0) is 18.5. The monoisotopic (exact) mass is 350 g/mol. The number of nitrogens with one attached hydrogen (secondary N) is 2. The van der Waals surface area contributed by atoms with Gasteiger partial charge in [0.15, 0.2) is 0 Å². The molecule has 1 heterocycles. The highest BCUT2D eigenvalue weighted by atomic mass is 16.5. The second-order valence-corrected chi connectivity index (χ2v) is 6.40. The van der Waals surface area contributed by atoms with Crippen molar-refractivity contribution in [2.45, 2.75) is 19.0 Å². The van der Waals surface area contributed by atoms with Gasteiger partial charge in [-0.05, 0) is 42.8 Å². The van der Waals surface area contributed by atoms with Crippen LogP contribution < -0.4 is 15.4 Å². The van der Waals surface area contributed by atoms with Crippen molar-refractivity contribution in [2.24, 2.45) is 0 Å². The van der Waals surface area contributed by atoms with E-state index in [1.807, 2.05) is 0 Å². The van der Waals surface area contributed by atoms with Crippen molar-refractivity contribution in [2.75, 3.05) is 26.0 Å². The summed E-state index contributed by atoms with van der Waals surface area (Å²) in [4.78, 5) is 14.5. The van der Waals surface area contributed by atoms with E-state index in [-0.39, 0.29) is 12.1 Å². The normalized spacial score (nSPS) is 16.3. The number of likely N-dealkylation sites (N-methyl/N-ethyl adjacent to an activating group) is 1. The number of hydrogen-bond acceptors (Lipinski definition) is 4. The predicted octanol–water partition coefficient (Wildman–Crippen LogP) is 2.75. The minimum Gasteiger partial charge on any atom is -0.495 e. The van der Waals surface area contributed by atoms with Crippen LogP contribution in [-0.2, 0) is 13.0 Å². The number of nitriles is 1. The third kappa shape index (κ3) is 3.95. The Balaban J connectivity index is 1.57. The lowest BCUT2D eigenvalue weighted by Crippen LogP contribution is -2.46.